The van der Waals surface area contributed by atoms with Crippen molar-refractivity contribution in [1.29, 1.82) is 0 Å². The molecule has 144 valence electrons. The molecule has 0 saturated carbocycles. The third kappa shape index (κ3) is 4.29. The number of anilines is 2. The number of hydrogen-bond acceptors (Lipinski definition) is 5. The topological polar surface area (TPSA) is 52.6 Å². The number of halogens is 3. The van der Waals surface area contributed by atoms with Crippen LogP contribution in [0.5, 0.6) is 0 Å². The van der Waals surface area contributed by atoms with Crippen molar-refractivity contribution in [3.05, 3.63) is 47.7 Å². The fraction of sp³-hybridized carbons (Fsp3) is 0.389. The van der Waals surface area contributed by atoms with Gasteiger partial charge in [-0.2, -0.15) is 18.3 Å². The molecule has 1 saturated heterocycles. The lowest BCUT2D eigenvalue weighted by molar-refractivity contribution is -0.137. The maximum atomic E-state index is 12.9. The molecule has 27 heavy (non-hydrogen) atoms. The van der Waals surface area contributed by atoms with Gasteiger partial charge in [0, 0.05) is 51.9 Å². The van der Waals surface area contributed by atoms with Crippen LogP contribution < -0.4 is 9.80 Å². The number of hydrogen-bond donors (Lipinski definition) is 0. The van der Waals surface area contributed by atoms with Crippen molar-refractivity contribution in [3.63, 3.8) is 0 Å². The van der Waals surface area contributed by atoms with Crippen LogP contribution in [0.25, 0.3) is 0 Å². The van der Waals surface area contributed by atoms with Crippen LogP contribution in [0.2, 0.25) is 0 Å². The molecule has 0 aliphatic carbocycles. The van der Waals surface area contributed by atoms with E-state index in [0.717, 1.165) is 17.8 Å². The summed E-state index contributed by atoms with van der Waals surface area (Å²) < 4.78 is 38.6. The number of rotatable bonds is 3. The minimum Gasteiger partial charge on any atom is -0.376 e. The standard InChI is InChI=1S/C18H20F3N5O/c1-24(2)15-11-16(23-22-12-15)25-6-8-26(9-7-25)17(27)13-4-3-5-14(10-13)18(19,20)21/h3-5,10-12H,6-9H2,1-2H3. The Labute approximate surface area is 155 Å². The molecule has 1 amide bonds. The van der Waals surface area contributed by atoms with Gasteiger partial charge < -0.3 is 14.7 Å². The van der Waals surface area contributed by atoms with Crippen molar-refractivity contribution in [2.24, 2.45) is 0 Å². The Hall–Kier alpha value is -2.84. The van der Waals surface area contributed by atoms with E-state index in [2.05, 4.69) is 10.2 Å². The molecule has 1 aromatic heterocycles. The quantitative estimate of drug-likeness (QED) is 0.820. The first-order valence-electron chi connectivity index (χ1n) is 8.47. The average molecular weight is 379 g/mol. The van der Waals surface area contributed by atoms with Gasteiger partial charge in [0.15, 0.2) is 5.82 Å². The molecule has 3 rings (SSSR count). The van der Waals surface area contributed by atoms with Crippen LogP contribution in [0.3, 0.4) is 0 Å². The molecule has 1 aliphatic heterocycles. The zero-order valence-electron chi connectivity index (χ0n) is 15.1. The van der Waals surface area contributed by atoms with Crippen LogP contribution in [0, 0.1) is 0 Å². The molecule has 0 atom stereocenters. The lowest BCUT2D eigenvalue weighted by Gasteiger charge is -2.35. The minimum atomic E-state index is -4.47. The number of alkyl halides is 3. The van der Waals surface area contributed by atoms with E-state index in [1.807, 2.05) is 30.0 Å². The summed E-state index contributed by atoms with van der Waals surface area (Å²) in [6, 6.07) is 6.45. The summed E-state index contributed by atoms with van der Waals surface area (Å²) in [7, 11) is 3.82. The Morgan fingerprint density at radius 2 is 1.81 bits per heavy atom. The van der Waals surface area contributed by atoms with Gasteiger partial charge in [0.2, 0.25) is 0 Å². The molecule has 1 aromatic carbocycles. The molecule has 0 spiro atoms. The normalized spacial score (nSPS) is 15.0. The van der Waals surface area contributed by atoms with E-state index in [-0.39, 0.29) is 5.56 Å². The van der Waals surface area contributed by atoms with Crippen LogP contribution in [-0.2, 0) is 6.18 Å². The summed E-state index contributed by atoms with van der Waals surface area (Å²) >= 11 is 0. The van der Waals surface area contributed by atoms with E-state index in [4.69, 9.17) is 0 Å². The van der Waals surface area contributed by atoms with Crippen molar-refractivity contribution < 1.29 is 18.0 Å². The van der Waals surface area contributed by atoms with Gasteiger partial charge in [-0.25, -0.2) is 0 Å². The first kappa shape index (κ1) is 18.9. The van der Waals surface area contributed by atoms with Crippen molar-refractivity contribution in [3.8, 4) is 0 Å². The second-order valence-corrected chi connectivity index (χ2v) is 6.52. The Morgan fingerprint density at radius 1 is 1.11 bits per heavy atom. The predicted molar refractivity (Wildman–Crippen MR) is 95.9 cm³/mol. The van der Waals surface area contributed by atoms with Crippen molar-refractivity contribution in [2.45, 2.75) is 6.18 Å². The number of benzene rings is 1. The predicted octanol–water partition coefficient (Wildman–Crippen LogP) is 2.52. The molecule has 2 aromatic rings. The highest BCUT2D eigenvalue weighted by molar-refractivity contribution is 5.94. The van der Waals surface area contributed by atoms with Gasteiger partial charge in [0.25, 0.3) is 5.91 Å². The summed E-state index contributed by atoms with van der Waals surface area (Å²) in [5, 5.41) is 8.13. The van der Waals surface area contributed by atoms with Crippen LogP contribution in [-0.4, -0.2) is 61.3 Å². The highest BCUT2D eigenvalue weighted by Gasteiger charge is 2.31. The molecule has 0 unspecified atom stereocenters. The van der Waals surface area contributed by atoms with Crippen LogP contribution >= 0.6 is 0 Å². The average Bonchev–Trinajstić information content (AvgIpc) is 2.67. The number of carbonyl (C=O) groups excluding carboxylic acids is 1. The second kappa shape index (κ2) is 7.42. The summed E-state index contributed by atoms with van der Waals surface area (Å²) in [6.45, 7) is 1.89. The molecule has 2 heterocycles. The highest BCUT2D eigenvalue weighted by Crippen LogP contribution is 2.30. The van der Waals surface area contributed by atoms with E-state index < -0.39 is 17.6 Å². The second-order valence-electron chi connectivity index (χ2n) is 6.52. The minimum absolute atomic E-state index is 0.0488. The van der Waals surface area contributed by atoms with Gasteiger partial charge in [-0.15, -0.1) is 5.10 Å². The maximum Gasteiger partial charge on any atom is 0.416 e. The highest BCUT2D eigenvalue weighted by atomic mass is 19.4. The summed E-state index contributed by atoms with van der Waals surface area (Å²) in [5.74, 6) is 0.321. The summed E-state index contributed by atoms with van der Waals surface area (Å²) in [6.07, 6.45) is -2.80. The zero-order chi connectivity index (χ0) is 19.6. The number of piperazine rings is 1. The summed E-state index contributed by atoms with van der Waals surface area (Å²) in [5.41, 5.74) is 0.151. The van der Waals surface area contributed by atoms with Gasteiger partial charge in [0.05, 0.1) is 17.4 Å². The van der Waals surface area contributed by atoms with Crippen LogP contribution in [0.4, 0.5) is 24.7 Å². The summed E-state index contributed by atoms with van der Waals surface area (Å²) in [4.78, 5) is 18.1. The molecule has 1 fully saturated rings. The Balaban J connectivity index is 1.67. The van der Waals surface area contributed by atoms with Crippen LogP contribution in [0.1, 0.15) is 15.9 Å². The number of amides is 1. The monoisotopic (exact) mass is 379 g/mol. The zero-order valence-corrected chi connectivity index (χ0v) is 15.1. The smallest absolute Gasteiger partial charge is 0.376 e. The lowest BCUT2D eigenvalue weighted by atomic mass is 10.1. The number of aromatic nitrogens is 2. The molecular weight excluding hydrogens is 359 g/mol. The molecule has 0 radical (unpaired) electrons. The van der Waals surface area contributed by atoms with E-state index in [9.17, 15) is 18.0 Å². The molecular formula is C18H20F3N5O. The SMILES string of the molecule is CN(C)c1cnnc(N2CCN(C(=O)c3cccc(C(F)(F)F)c3)CC2)c1. The van der Waals surface area contributed by atoms with Gasteiger partial charge >= 0.3 is 6.18 Å². The first-order chi connectivity index (χ1) is 12.8. The van der Waals surface area contributed by atoms with Crippen molar-refractivity contribution >= 4 is 17.4 Å². The molecule has 9 heteroatoms. The lowest BCUT2D eigenvalue weighted by Crippen LogP contribution is -2.49. The molecule has 6 nitrogen and oxygen atoms in total. The largest absolute Gasteiger partial charge is 0.416 e. The van der Waals surface area contributed by atoms with Crippen molar-refractivity contribution in [1.82, 2.24) is 15.1 Å². The molecule has 1 aliphatic rings. The van der Waals surface area contributed by atoms with E-state index in [1.165, 1.54) is 12.1 Å². The fourth-order valence-electron chi connectivity index (χ4n) is 2.89. The molecule has 0 N–H and O–H groups in total. The maximum absolute atomic E-state index is 12.9. The van der Waals surface area contributed by atoms with E-state index in [0.29, 0.717) is 32.0 Å². The Bertz CT molecular complexity index is 817. The van der Waals surface area contributed by atoms with Gasteiger partial charge in [-0.3, -0.25) is 4.79 Å². The number of nitrogens with zero attached hydrogens (tertiary/aromatic N) is 5. The molecule has 0 bridgehead atoms. The third-order valence-corrected chi connectivity index (χ3v) is 4.47. The first-order valence-corrected chi connectivity index (χ1v) is 8.47. The van der Waals surface area contributed by atoms with Crippen molar-refractivity contribution in [2.75, 3.05) is 50.1 Å². The Kier molecular flexibility index (Phi) is 5.20. The Morgan fingerprint density at radius 3 is 2.44 bits per heavy atom. The van der Waals surface area contributed by atoms with Gasteiger partial charge in [0.1, 0.15) is 0 Å². The third-order valence-electron chi connectivity index (χ3n) is 4.47. The van der Waals surface area contributed by atoms with Gasteiger partial charge in [-0.1, -0.05) is 6.07 Å². The van der Waals surface area contributed by atoms with E-state index in [1.54, 1.807) is 11.1 Å². The van der Waals surface area contributed by atoms with E-state index >= 15 is 0 Å². The van der Waals surface area contributed by atoms with Gasteiger partial charge in [-0.05, 0) is 18.2 Å². The number of carbonyl (C=O) groups is 1. The van der Waals surface area contributed by atoms with Crippen LogP contribution in [0.15, 0.2) is 36.5 Å². The fourth-order valence-corrected chi connectivity index (χ4v) is 2.89.